The number of hydrogen-bond acceptors (Lipinski definition) is 1. The van der Waals surface area contributed by atoms with E-state index < -0.39 is 0 Å². The highest BCUT2D eigenvalue weighted by Gasteiger charge is 2.47. The summed E-state index contributed by atoms with van der Waals surface area (Å²) in [5, 5.41) is 0. The van der Waals surface area contributed by atoms with Crippen molar-refractivity contribution in [1.82, 2.24) is 0 Å². The highest BCUT2D eigenvalue weighted by atomic mass is 79.9. The molecule has 2 aromatic carbocycles. The first kappa shape index (κ1) is 17.0. The van der Waals surface area contributed by atoms with Gasteiger partial charge in [0.1, 0.15) is 0 Å². The van der Waals surface area contributed by atoms with Crippen molar-refractivity contribution in [3.8, 4) is 0 Å². The van der Waals surface area contributed by atoms with Gasteiger partial charge in [-0.1, -0.05) is 70.0 Å². The van der Waals surface area contributed by atoms with Crippen LogP contribution in [0.5, 0.6) is 0 Å². The third kappa shape index (κ3) is 3.10. The van der Waals surface area contributed by atoms with Gasteiger partial charge in [-0.2, -0.15) is 0 Å². The summed E-state index contributed by atoms with van der Waals surface area (Å²) < 4.78 is -0.348. The molecular weight excluding hydrogens is 372 g/mol. The molecule has 0 bridgehead atoms. The Labute approximate surface area is 159 Å². The highest BCUT2D eigenvalue weighted by Crippen LogP contribution is 2.48. The van der Waals surface area contributed by atoms with E-state index >= 15 is 0 Å². The number of halogens is 1. The molecule has 1 nitrogen and oxygen atoms in total. The molecular formula is C23H25BrO. The van der Waals surface area contributed by atoms with Crippen LogP contribution in [-0.4, -0.2) is 10.1 Å². The smallest absolute Gasteiger partial charge is 0.180 e. The van der Waals surface area contributed by atoms with E-state index in [2.05, 4.69) is 53.2 Å². The lowest BCUT2D eigenvalue weighted by Gasteiger charge is -2.41. The van der Waals surface area contributed by atoms with Gasteiger partial charge in [-0.05, 0) is 68.4 Å². The van der Waals surface area contributed by atoms with E-state index in [4.69, 9.17) is 0 Å². The van der Waals surface area contributed by atoms with E-state index in [1.807, 2.05) is 18.2 Å². The monoisotopic (exact) mass is 396 g/mol. The molecule has 0 aromatic heterocycles. The van der Waals surface area contributed by atoms with Crippen molar-refractivity contribution >= 4 is 21.7 Å². The van der Waals surface area contributed by atoms with Crippen LogP contribution in [0.4, 0.5) is 0 Å². The Bertz CT molecular complexity index is 771. The molecule has 1 atom stereocenters. The lowest BCUT2D eigenvalue weighted by atomic mass is 9.68. The summed E-state index contributed by atoms with van der Waals surface area (Å²) in [6.07, 6.45) is 6.59. The average Bonchev–Trinajstić information content (AvgIpc) is 2.66. The van der Waals surface area contributed by atoms with Gasteiger partial charge in [0, 0.05) is 5.56 Å². The number of Topliss-reactive ketones (excluding diaryl/α,β-unsaturated/α-hetero) is 1. The van der Waals surface area contributed by atoms with Crippen molar-refractivity contribution in [3.05, 3.63) is 70.8 Å². The van der Waals surface area contributed by atoms with Crippen LogP contribution in [0.2, 0.25) is 0 Å². The second-order valence-corrected chi connectivity index (χ2v) is 9.22. The van der Waals surface area contributed by atoms with Crippen LogP contribution >= 0.6 is 15.9 Å². The summed E-state index contributed by atoms with van der Waals surface area (Å²) in [5.41, 5.74) is 4.94. The second-order valence-electron chi connectivity index (χ2n) is 7.81. The van der Waals surface area contributed by atoms with Gasteiger partial charge >= 0.3 is 0 Å². The minimum atomic E-state index is -0.348. The predicted molar refractivity (Wildman–Crippen MR) is 107 cm³/mol. The second kappa shape index (κ2) is 6.72. The molecule has 0 spiro atoms. The number of alkyl halides is 1. The Kier molecular flexibility index (Phi) is 4.58. The first-order chi connectivity index (χ1) is 12.1. The van der Waals surface area contributed by atoms with Crippen molar-refractivity contribution in [3.63, 3.8) is 0 Å². The van der Waals surface area contributed by atoms with Gasteiger partial charge in [0.2, 0.25) is 0 Å². The molecule has 25 heavy (non-hydrogen) atoms. The number of ketones is 1. The molecule has 0 radical (unpaired) electrons. The molecule has 2 aliphatic carbocycles. The number of carbonyl (C=O) groups excluding carboxylic acids is 1. The van der Waals surface area contributed by atoms with E-state index in [9.17, 15) is 4.79 Å². The normalized spacial score (nSPS) is 29.3. The first-order valence-electron chi connectivity index (χ1n) is 9.46. The van der Waals surface area contributed by atoms with Crippen LogP contribution in [0.15, 0.2) is 48.5 Å². The van der Waals surface area contributed by atoms with Crippen LogP contribution in [-0.2, 0) is 6.42 Å². The molecule has 1 unspecified atom stereocenters. The molecule has 0 saturated heterocycles. The van der Waals surface area contributed by atoms with Crippen LogP contribution < -0.4 is 0 Å². The highest BCUT2D eigenvalue weighted by molar-refractivity contribution is 9.10. The van der Waals surface area contributed by atoms with Crippen LogP contribution in [0.25, 0.3) is 0 Å². The van der Waals surface area contributed by atoms with Gasteiger partial charge in [-0.3, -0.25) is 4.79 Å². The number of fused-ring (bicyclic) bond motifs is 1. The Morgan fingerprint density at radius 2 is 1.64 bits per heavy atom. The van der Waals surface area contributed by atoms with Crippen molar-refractivity contribution < 1.29 is 4.79 Å². The Balaban J connectivity index is 1.49. The fourth-order valence-electron chi connectivity index (χ4n) is 4.73. The average molecular weight is 397 g/mol. The maximum absolute atomic E-state index is 13.2. The molecule has 0 aliphatic heterocycles. The van der Waals surface area contributed by atoms with Gasteiger partial charge in [-0.15, -0.1) is 0 Å². The zero-order chi connectivity index (χ0) is 17.4. The number of rotatable bonds is 2. The Morgan fingerprint density at radius 3 is 2.36 bits per heavy atom. The van der Waals surface area contributed by atoms with Crippen LogP contribution in [0, 0.1) is 12.8 Å². The van der Waals surface area contributed by atoms with Gasteiger partial charge < -0.3 is 0 Å². The molecule has 2 heteroatoms. The van der Waals surface area contributed by atoms with Gasteiger partial charge in [0.05, 0.1) is 4.32 Å². The summed E-state index contributed by atoms with van der Waals surface area (Å²) in [5.74, 6) is 1.42. The van der Waals surface area contributed by atoms with Crippen molar-refractivity contribution in [2.24, 2.45) is 5.92 Å². The van der Waals surface area contributed by atoms with Gasteiger partial charge in [0.25, 0.3) is 0 Å². The third-order valence-corrected chi connectivity index (χ3v) is 7.72. The molecule has 2 aromatic rings. The number of carbonyl (C=O) groups is 1. The molecule has 2 aliphatic rings. The first-order valence-corrected chi connectivity index (χ1v) is 10.3. The fraction of sp³-hybridized carbons (Fsp3) is 0.435. The quantitative estimate of drug-likeness (QED) is 0.549. The molecule has 4 rings (SSSR count). The predicted octanol–water partition coefficient (Wildman–Crippen LogP) is 6.23. The Hall–Kier alpha value is -1.41. The third-order valence-electron chi connectivity index (χ3n) is 6.32. The molecule has 0 heterocycles. The number of hydrogen-bond donors (Lipinski definition) is 0. The lowest BCUT2D eigenvalue weighted by Crippen LogP contribution is -2.44. The summed E-state index contributed by atoms with van der Waals surface area (Å²) >= 11 is 3.93. The Morgan fingerprint density at radius 1 is 0.960 bits per heavy atom. The van der Waals surface area contributed by atoms with Crippen LogP contribution in [0.3, 0.4) is 0 Å². The number of aryl methyl sites for hydroxylation is 2. The molecule has 0 N–H and O–H groups in total. The minimum absolute atomic E-state index is 0.313. The SMILES string of the molecule is Cc1ccc(C2CCC(C3(Br)CCc4ccccc4C3=O)CC2)cc1. The maximum atomic E-state index is 13.2. The fourth-order valence-corrected chi connectivity index (χ4v) is 5.60. The van der Waals surface area contributed by atoms with E-state index in [0.29, 0.717) is 17.6 Å². The van der Waals surface area contributed by atoms with E-state index in [-0.39, 0.29) is 4.32 Å². The lowest BCUT2D eigenvalue weighted by molar-refractivity contribution is 0.0866. The minimum Gasteiger partial charge on any atom is -0.293 e. The topological polar surface area (TPSA) is 17.1 Å². The summed E-state index contributed by atoms with van der Waals surface area (Å²) in [6.45, 7) is 2.14. The summed E-state index contributed by atoms with van der Waals surface area (Å²) in [6, 6.07) is 17.1. The van der Waals surface area contributed by atoms with Crippen molar-refractivity contribution in [1.29, 1.82) is 0 Å². The number of benzene rings is 2. The standard InChI is InChI=1S/C23H25BrO/c1-16-6-8-17(9-7-16)18-10-12-20(13-11-18)23(24)15-14-19-4-2-3-5-21(19)22(23)25/h2-9,18,20H,10-15H2,1H3. The van der Waals surface area contributed by atoms with E-state index in [0.717, 1.165) is 31.2 Å². The molecule has 0 amide bonds. The molecule has 1 fully saturated rings. The van der Waals surface area contributed by atoms with E-state index in [1.165, 1.54) is 29.5 Å². The van der Waals surface area contributed by atoms with Crippen LogP contribution in [0.1, 0.15) is 65.1 Å². The van der Waals surface area contributed by atoms with Gasteiger partial charge in [-0.25, -0.2) is 0 Å². The van der Waals surface area contributed by atoms with Crippen molar-refractivity contribution in [2.45, 2.75) is 55.7 Å². The maximum Gasteiger partial charge on any atom is 0.180 e. The zero-order valence-electron chi connectivity index (χ0n) is 14.8. The molecule has 130 valence electrons. The van der Waals surface area contributed by atoms with E-state index in [1.54, 1.807) is 0 Å². The largest absolute Gasteiger partial charge is 0.293 e. The zero-order valence-corrected chi connectivity index (χ0v) is 16.4. The van der Waals surface area contributed by atoms with Crippen molar-refractivity contribution in [2.75, 3.05) is 0 Å². The molecule has 1 saturated carbocycles. The van der Waals surface area contributed by atoms with Gasteiger partial charge in [0.15, 0.2) is 5.78 Å². The summed E-state index contributed by atoms with van der Waals surface area (Å²) in [4.78, 5) is 13.2. The summed E-state index contributed by atoms with van der Waals surface area (Å²) in [7, 11) is 0.